The second-order valence-corrected chi connectivity index (χ2v) is 6.02. The molecule has 0 unspecified atom stereocenters. The molecule has 96 valence electrons. The second kappa shape index (κ2) is 7.01. The van der Waals surface area contributed by atoms with Crippen molar-refractivity contribution >= 4 is 13.5 Å². The van der Waals surface area contributed by atoms with Gasteiger partial charge in [-0.25, -0.2) is 5.48 Å². The molecule has 7 heteroatoms. The Kier molecular flexibility index (Phi) is 6.83. The van der Waals surface area contributed by atoms with E-state index in [4.69, 9.17) is 14.3 Å². The smallest absolute Gasteiger partial charge is 0.306 e. The number of hydrogen-bond acceptors (Lipinski definition) is 5. The van der Waals surface area contributed by atoms with Gasteiger partial charge in [-0.3, -0.25) is 14.6 Å². The molecule has 0 saturated heterocycles. The molecule has 0 saturated carbocycles. The van der Waals surface area contributed by atoms with Gasteiger partial charge in [0, 0.05) is 6.42 Å². The van der Waals surface area contributed by atoms with Gasteiger partial charge in [0.05, 0.1) is 18.4 Å². The molecule has 6 nitrogen and oxygen atoms in total. The highest BCUT2D eigenvalue weighted by Crippen LogP contribution is 2.50. The van der Waals surface area contributed by atoms with Gasteiger partial charge in [0.15, 0.2) is 0 Å². The van der Waals surface area contributed by atoms with Crippen LogP contribution in [-0.4, -0.2) is 29.5 Å². The number of hydroxylamine groups is 1. The van der Waals surface area contributed by atoms with Gasteiger partial charge in [0.1, 0.15) is 0 Å². The molecule has 0 aliphatic heterocycles. The molecule has 1 amide bonds. The molecule has 0 aliphatic carbocycles. The fourth-order valence-electron chi connectivity index (χ4n) is 1.07. The maximum absolute atomic E-state index is 12.1. The van der Waals surface area contributed by atoms with Crippen molar-refractivity contribution < 1.29 is 23.6 Å². The van der Waals surface area contributed by atoms with E-state index in [1.54, 1.807) is 27.7 Å². The van der Waals surface area contributed by atoms with E-state index in [1.165, 1.54) is 5.48 Å². The highest BCUT2D eigenvalue weighted by atomic mass is 31.2. The quantitative estimate of drug-likeness (QED) is 0.411. The minimum absolute atomic E-state index is 0.0459. The van der Waals surface area contributed by atoms with Crippen LogP contribution < -0.4 is 5.48 Å². The van der Waals surface area contributed by atoms with Crippen LogP contribution in [0.4, 0.5) is 0 Å². The summed E-state index contributed by atoms with van der Waals surface area (Å²) in [5.41, 5.74) is 1.47. The Morgan fingerprint density at radius 3 is 2.00 bits per heavy atom. The van der Waals surface area contributed by atoms with E-state index in [2.05, 4.69) is 0 Å². The molecule has 0 aromatic rings. The summed E-state index contributed by atoms with van der Waals surface area (Å²) in [5, 5.41) is 8.32. The number of hydrogen-bond donors (Lipinski definition) is 2. The van der Waals surface area contributed by atoms with Crippen LogP contribution in [0, 0.1) is 0 Å². The van der Waals surface area contributed by atoms with Gasteiger partial charge in [0.25, 0.3) is 0 Å². The lowest BCUT2D eigenvalue weighted by molar-refractivity contribution is -0.128. The Morgan fingerprint density at radius 2 is 1.69 bits per heavy atom. The average Bonchev–Trinajstić information content (AvgIpc) is 2.11. The minimum atomic E-state index is -3.27. The van der Waals surface area contributed by atoms with E-state index in [1.807, 2.05) is 0 Å². The lowest BCUT2D eigenvalue weighted by Gasteiger charge is -2.22. The molecule has 0 fully saturated rings. The largest absolute Gasteiger partial charge is 0.331 e. The van der Waals surface area contributed by atoms with Gasteiger partial charge in [-0.1, -0.05) is 0 Å². The van der Waals surface area contributed by atoms with Crippen molar-refractivity contribution in [3.8, 4) is 0 Å². The molecule has 0 rings (SSSR count). The molecule has 16 heavy (non-hydrogen) atoms. The number of amides is 1. The molecule has 0 heterocycles. The van der Waals surface area contributed by atoms with Crippen LogP contribution in [0.2, 0.25) is 0 Å². The van der Waals surface area contributed by atoms with E-state index in [-0.39, 0.29) is 24.8 Å². The molecule has 0 aromatic heterocycles. The Hall–Kier alpha value is -0.420. The van der Waals surface area contributed by atoms with Crippen LogP contribution >= 0.6 is 7.60 Å². The fourth-order valence-corrected chi connectivity index (χ4v) is 3.09. The van der Waals surface area contributed by atoms with Crippen LogP contribution in [0.5, 0.6) is 0 Å². The Balaban J connectivity index is 4.41. The summed E-state index contributed by atoms with van der Waals surface area (Å²) in [6, 6.07) is 0. The minimum Gasteiger partial charge on any atom is -0.306 e. The van der Waals surface area contributed by atoms with Crippen molar-refractivity contribution in [1.29, 1.82) is 0 Å². The molecule has 0 aromatic carbocycles. The predicted molar refractivity (Wildman–Crippen MR) is 59.5 cm³/mol. The zero-order chi connectivity index (χ0) is 12.8. The molecular weight excluding hydrogens is 233 g/mol. The van der Waals surface area contributed by atoms with Gasteiger partial charge < -0.3 is 9.05 Å². The highest BCUT2D eigenvalue weighted by molar-refractivity contribution is 7.53. The molecule has 2 N–H and O–H groups in total. The summed E-state index contributed by atoms with van der Waals surface area (Å²) in [7, 11) is -3.27. The van der Waals surface area contributed by atoms with Crippen molar-refractivity contribution in [2.45, 2.75) is 46.3 Å². The summed E-state index contributed by atoms with van der Waals surface area (Å²) < 4.78 is 22.6. The van der Waals surface area contributed by atoms with E-state index >= 15 is 0 Å². The lowest BCUT2D eigenvalue weighted by atomic mass is 10.5. The summed E-state index contributed by atoms with van der Waals surface area (Å²) in [5.74, 6) is -0.611. The first kappa shape index (κ1) is 15.6. The normalized spacial score (nSPS) is 12.2. The van der Waals surface area contributed by atoms with Crippen LogP contribution in [0.1, 0.15) is 34.1 Å². The van der Waals surface area contributed by atoms with E-state index in [0.29, 0.717) is 0 Å². The Bertz CT molecular complexity index is 253. The SMILES string of the molecule is CC(C)OP(=O)(CCC(=O)NO)OC(C)C. The van der Waals surface area contributed by atoms with Crippen molar-refractivity contribution in [3.63, 3.8) is 0 Å². The lowest BCUT2D eigenvalue weighted by Crippen LogP contribution is -2.21. The molecule has 0 bridgehead atoms. The van der Waals surface area contributed by atoms with Gasteiger partial charge >= 0.3 is 7.60 Å². The second-order valence-electron chi connectivity index (χ2n) is 3.93. The van der Waals surface area contributed by atoms with Crippen molar-refractivity contribution in [1.82, 2.24) is 5.48 Å². The third-order valence-corrected chi connectivity index (χ3v) is 3.74. The molecular formula is C9H20NO5P. The molecule has 0 spiro atoms. The van der Waals surface area contributed by atoms with Crippen LogP contribution in [0.3, 0.4) is 0 Å². The van der Waals surface area contributed by atoms with Crippen LogP contribution in [0.25, 0.3) is 0 Å². The van der Waals surface area contributed by atoms with Crippen molar-refractivity contribution in [3.05, 3.63) is 0 Å². The van der Waals surface area contributed by atoms with E-state index in [0.717, 1.165) is 0 Å². The summed E-state index contributed by atoms with van der Waals surface area (Å²) >= 11 is 0. The predicted octanol–water partition coefficient (Wildman–Crippen LogP) is 1.92. The zero-order valence-electron chi connectivity index (χ0n) is 10.1. The van der Waals surface area contributed by atoms with Crippen LogP contribution in [0.15, 0.2) is 0 Å². The van der Waals surface area contributed by atoms with Gasteiger partial charge in [-0.05, 0) is 27.7 Å². The molecule has 0 aliphatic rings. The highest BCUT2D eigenvalue weighted by Gasteiger charge is 2.28. The summed E-state index contributed by atoms with van der Waals surface area (Å²) in [4.78, 5) is 10.8. The van der Waals surface area contributed by atoms with E-state index in [9.17, 15) is 9.36 Å². The van der Waals surface area contributed by atoms with Gasteiger partial charge in [0.2, 0.25) is 5.91 Å². The van der Waals surface area contributed by atoms with Crippen molar-refractivity contribution in [2.75, 3.05) is 6.16 Å². The fraction of sp³-hybridized carbons (Fsp3) is 0.889. The first-order chi connectivity index (χ1) is 7.29. The third-order valence-electron chi connectivity index (χ3n) is 1.48. The Morgan fingerprint density at radius 1 is 1.25 bits per heavy atom. The zero-order valence-corrected chi connectivity index (χ0v) is 11.0. The van der Waals surface area contributed by atoms with Crippen molar-refractivity contribution in [2.24, 2.45) is 0 Å². The maximum Gasteiger partial charge on any atom is 0.331 e. The van der Waals surface area contributed by atoms with E-state index < -0.39 is 13.5 Å². The van der Waals surface area contributed by atoms with Crippen LogP contribution in [-0.2, 0) is 18.4 Å². The number of nitrogens with one attached hydrogen (secondary N) is 1. The number of carbonyl (C=O) groups excluding carboxylic acids is 1. The maximum atomic E-state index is 12.1. The monoisotopic (exact) mass is 253 g/mol. The average molecular weight is 253 g/mol. The standard InChI is InChI=1S/C9H20NO5P/c1-7(2)14-16(13,15-8(3)4)6-5-9(11)10-12/h7-8,12H,5-6H2,1-4H3,(H,10,11). The Labute approximate surface area is 95.8 Å². The first-order valence-corrected chi connectivity index (χ1v) is 6.90. The van der Waals surface area contributed by atoms with Gasteiger partial charge in [-0.15, -0.1) is 0 Å². The third kappa shape index (κ3) is 6.95. The summed E-state index contributed by atoms with van der Waals surface area (Å²) in [6.45, 7) is 6.95. The van der Waals surface area contributed by atoms with Gasteiger partial charge in [-0.2, -0.15) is 0 Å². The number of rotatable bonds is 7. The number of carbonyl (C=O) groups is 1. The first-order valence-electron chi connectivity index (χ1n) is 5.18. The summed E-state index contributed by atoms with van der Waals surface area (Å²) in [6.07, 6.45) is -0.647. The topological polar surface area (TPSA) is 84.9 Å². The molecule has 0 atom stereocenters. The molecule has 0 radical (unpaired) electrons.